The lowest BCUT2D eigenvalue weighted by atomic mass is 10.2. The summed E-state index contributed by atoms with van der Waals surface area (Å²) < 4.78 is 13.0. The average molecular weight is 348 g/mol. The molecule has 0 saturated heterocycles. The number of pyridine rings is 1. The van der Waals surface area contributed by atoms with Gasteiger partial charge in [-0.2, -0.15) is 0 Å². The van der Waals surface area contributed by atoms with Crippen LogP contribution in [0.4, 0.5) is 10.2 Å². The van der Waals surface area contributed by atoms with E-state index in [4.69, 9.17) is 11.6 Å². The first-order chi connectivity index (χ1) is 11.0. The van der Waals surface area contributed by atoms with E-state index in [1.807, 2.05) is 0 Å². The predicted molar refractivity (Wildman–Crippen MR) is 89.4 cm³/mol. The molecule has 2 heterocycles. The smallest absolute Gasteiger partial charge is 0.268 e. The normalized spacial score (nSPS) is 10.6. The predicted octanol–water partition coefficient (Wildman–Crippen LogP) is 4.56. The van der Waals surface area contributed by atoms with Gasteiger partial charge < -0.3 is 5.32 Å². The quantitative estimate of drug-likeness (QED) is 0.755. The maximum absolute atomic E-state index is 13.0. The molecule has 0 fully saturated rings. The SMILES string of the molecule is Cc1nc(-c2ccc(F)cc2)sc1C(=O)Nc1cc(Cl)ccn1. The molecule has 116 valence electrons. The van der Waals surface area contributed by atoms with Crippen LogP contribution in [0.2, 0.25) is 5.02 Å². The van der Waals surface area contributed by atoms with Crippen LogP contribution in [0.25, 0.3) is 10.6 Å². The van der Waals surface area contributed by atoms with Crippen molar-refractivity contribution < 1.29 is 9.18 Å². The Morgan fingerprint density at radius 2 is 2.00 bits per heavy atom. The fourth-order valence-corrected chi connectivity index (χ4v) is 3.10. The molecule has 0 atom stereocenters. The van der Waals surface area contributed by atoms with Crippen molar-refractivity contribution in [1.29, 1.82) is 0 Å². The maximum atomic E-state index is 13.0. The van der Waals surface area contributed by atoms with Gasteiger partial charge in [0.1, 0.15) is 21.5 Å². The number of rotatable bonds is 3. The summed E-state index contributed by atoms with van der Waals surface area (Å²) in [5.41, 5.74) is 1.37. The number of thiazole rings is 1. The standard InChI is InChI=1S/C16H11ClFN3OS/c1-9-14(15(22)21-13-8-11(17)6-7-19-13)23-16(20-9)10-2-4-12(18)5-3-10/h2-8H,1H3,(H,19,21,22). The minimum atomic E-state index is -0.313. The molecule has 0 unspecified atom stereocenters. The number of nitrogens with one attached hydrogen (secondary N) is 1. The van der Waals surface area contributed by atoms with E-state index in [1.165, 1.54) is 29.7 Å². The Balaban J connectivity index is 1.85. The van der Waals surface area contributed by atoms with E-state index in [-0.39, 0.29) is 11.7 Å². The number of amides is 1. The van der Waals surface area contributed by atoms with Gasteiger partial charge >= 0.3 is 0 Å². The van der Waals surface area contributed by atoms with E-state index in [2.05, 4.69) is 15.3 Å². The van der Waals surface area contributed by atoms with Crippen LogP contribution in [-0.2, 0) is 0 Å². The fraction of sp³-hybridized carbons (Fsp3) is 0.0625. The third kappa shape index (κ3) is 3.55. The molecule has 0 saturated carbocycles. The van der Waals surface area contributed by atoms with Gasteiger partial charge in [0.25, 0.3) is 5.91 Å². The van der Waals surface area contributed by atoms with Crippen molar-refractivity contribution in [1.82, 2.24) is 9.97 Å². The van der Waals surface area contributed by atoms with Gasteiger partial charge in [-0.1, -0.05) is 11.6 Å². The summed E-state index contributed by atoms with van der Waals surface area (Å²) in [6.07, 6.45) is 1.52. The number of hydrogen-bond donors (Lipinski definition) is 1. The highest BCUT2D eigenvalue weighted by Crippen LogP contribution is 2.28. The zero-order chi connectivity index (χ0) is 16.4. The Morgan fingerprint density at radius 3 is 2.70 bits per heavy atom. The minimum absolute atomic E-state index is 0.303. The van der Waals surface area contributed by atoms with Crippen LogP contribution in [0.5, 0.6) is 0 Å². The van der Waals surface area contributed by atoms with Crippen molar-refractivity contribution in [2.24, 2.45) is 0 Å². The fourth-order valence-electron chi connectivity index (χ4n) is 1.97. The molecule has 0 bridgehead atoms. The van der Waals surface area contributed by atoms with Crippen LogP contribution in [0.3, 0.4) is 0 Å². The van der Waals surface area contributed by atoms with Crippen molar-refractivity contribution in [2.75, 3.05) is 5.32 Å². The van der Waals surface area contributed by atoms with E-state index in [0.29, 0.717) is 26.4 Å². The first-order valence-electron chi connectivity index (χ1n) is 6.69. The van der Waals surface area contributed by atoms with E-state index >= 15 is 0 Å². The van der Waals surface area contributed by atoms with Crippen LogP contribution >= 0.6 is 22.9 Å². The largest absolute Gasteiger partial charge is 0.306 e. The maximum Gasteiger partial charge on any atom is 0.268 e. The summed E-state index contributed by atoms with van der Waals surface area (Å²) in [4.78, 5) is 21.3. The molecular formula is C16H11ClFN3OS. The van der Waals surface area contributed by atoms with Crippen LogP contribution in [0.1, 0.15) is 15.4 Å². The van der Waals surface area contributed by atoms with Gasteiger partial charge in [-0.15, -0.1) is 11.3 Å². The van der Waals surface area contributed by atoms with Crippen molar-refractivity contribution in [3.63, 3.8) is 0 Å². The highest BCUT2D eigenvalue weighted by atomic mass is 35.5. The van der Waals surface area contributed by atoms with Gasteiger partial charge in [-0.05, 0) is 43.3 Å². The van der Waals surface area contributed by atoms with Crippen LogP contribution in [0, 0.1) is 12.7 Å². The third-order valence-electron chi connectivity index (χ3n) is 3.06. The van der Waals surface area contributed by atoms with Crippen LogP contribution in [-0.4, -0.2) is 15.9 Å². The number of aromatic nitrogens is 2. The topological polar surface area (TPSA) is 54.9 Å². The summed E-state index contributed by atoms with van der Waals surface area (Å²) in [7, 11) is 0. The Morgan fingerprint density at radius 1 is 1.26 bits per heavy atom. The monoisotopic (exact) mass is 347 g/mol. The summed E-state index contributed by atoms with van der Waals surface area (Å²) in [6, 6.07) is 9.18. The third-order valence-corrected chi connectivity index (χ3v) is 4.50. The lowest BCUT2D eigenvalue weighted by Gasteiger charge is -2.02. The zero-order valence-corrected chi connectivity index (χ0v) is 13.6. The molecule has 0 aliphatic rings. The van der Waals surface area contributed by atoms with Gasteiger partial charge in [0.05, 0.1) is 5.69 Å². The lowest BCUT2D eigenvalue weighted by molar-refractivity contribution is 0.102. The first-order valence-corrected chi connectivity index (χ1v) is 7.88. The number of benzene rings is 1. The molecule has 2 aromatic heterocycles. The number of aryl methyl sites for hydroxylation is 1. The van der Waals surface area contributed by atoms with Gasteiger partial charge in [0.15, 0.2) is 0 Å². The first kappa shape index (κ1) is 15.6. The van der Waals surface area contributed by atoms with Gasteiger partial charge in [0.2, 0.25) is 0 Å². The molecule has 0 aliphatic carbocycles. The molecule has 4 nitrogen and oxygen atoms in total. The molecule has 0 spiro atoms. The number of carbonyl (C=O) groups excluding carboxylic acids is 1. The minimum Gasteiger partial charge on any atom is -0.306 e. The molecular weight excluding hydrogens is 337 g/mol. The summed E-state index contributed by atoms with van der Waals surface area (Å²) in [6.45, 7) is 1.75. The highest BCUT2D eigenvalue weighted by molar-refractivity contribution is 7.17. The van der Waals surface area contributed by atoms with E-state index in [0.717, 1.165) is 5.56 Å². The Hall–Kier alpha value is -2.31. The molecule has 1 N–H and O–H groups in total. The molecule has 3 aromatic rings. The van der Waals surface area contributed by atoms with Crippen molar-refractivity contribution in [3.05, 3.63) is 64.0 Å². The second-order valence-electron chi connectivity index (χ2n) is 4.75. The molecule has 3 rings (SSSR count). The Kier molecular flexibility index (Phi) is 4.36. The van der Waals surface area contributed by atoms with Crippen molar-refractivity contribution in [3.8, 4) is 10.6 Å². The van der Waals surface area contributed by atoms with E-state index in [9.17, 15) is 9.18 Å². The van der Waals surface area contributed by atoms with Gasteiger partial charge in [-0.25, -0.2) is 14.4 Å². The average Bonchev–Trinajstić information content (AvgIpc) is 2.90. The zero-order valence-electron chi connectivity index (χ0n) is 12.0. The molecule has 1 aromatic carbocycles. The van der Waals surface area contributed by atoms with Crippen molar-refractivity contribution in [2.45, 2.75) is 6.92 Å². The second kappa shape index (κ2) is 6.44. The Bertz CT molecular complexity index is 864. The molecule has 0 radical (unpaired) electrons. The van der Waals surface area contributed by atoms with Crippen LogP contribution in [0.15, 0.2) is 42.6 Å². The summed E-state index contributed by atoms with van der Waals surface area (Å²) in [5.74, 6) is -0.242. The summed E-state index contributed by atoms with van der Waals surface area (Å²) >= 11 is 7.11. The molecule has 1 amide bonds. The van der Waals surface area contributed by atoms with Crippen LogP contribution < -0.4 is 5.32 Å². The number of nitrogens with zero attached hydrogens (tertiary/aromatic N) is 2. The van der Waals surface area contributed by atoms with E-state index in [1.54, 1.807) is 31.2 Å². The number of hydrogen-bond acceptors (Lipinski definition) is 4. The number of anilines is 1. The summed E-state index contributed by atoms with van der Waals surface area (Å²) in [5, 5.41) is 3.84. The number of carbonyl (C=O) groups is 1. The Labute approximate surface area is 141 Å². The molecule has 7 heteroatoms. The lowest BCUT2D eigenvalue weighted by Crippen LogP contribution is -2.12. The van der Waals surface area contributed by atoms with Gasteiger partial charge in [0, 0.05) is 16.8 Å². The van der Waals surface area contributed by atoms with Gasteiger partial charge in [-0.3, -0.25) is 4.79 Å². The molecule has 23 heavy (non-hydrogen) atoms. The van der Waals surface area contributed by atoms with E-state index < -0.39 is 0 Å². The second-order valence-corrected chi connectivity index (χ2v) is 6.19. The number of halogens is 2. The highest BCUT2D eigenvalue weighted by Gasteiger charge is 2.17. The van der Waals surface area contributed by atoms with Crippen molar-refractivity contribution >= 4 is 34.7 Å². The molecule has 0 aliphatic heterocycles.